The normalized spacial score (nSPS) is 10.7. The van der Waals surface area contributed by atoms with E-state index in [-0.39, 0.29) is 6.03 Å². The molecule has 0 spiro atoms. The topological polar surface area (TPSA) is 32.3 Å². The molecule has 158 valence electrons. The van der Waals surface area contributed by atoms with Gasteiger partial charge in [-0.25, -0.2) is 4.79 Å². The van der Waals surface area contributed by atoms with Gasteiger partial charge in [-0.05, 0) is 31.0 Å². The summed E-state index contributed by atoms with van der Waals surface area (Å²) in [6.45, 7) is 5.76. The molecule has 2 aromatic rings. The summed E-state index contributed by atoms with van der Waals surface area (Å²) in [5.74, 6) is 0. The number of nitrogens with zero attached hydrogens (tertiary/aromatic N) is 1. The number of unbranched alkanes of at least 4 members (excludes halogenated alkanes) is 8. The second-order valence-electron chi connectivity index (χ2n) is 8.03. The maximum Gasteiger partial charge on any atom is 0.322 e. The van der Waals surface area contributed by atoms with Gasteiger partial charge in [0.05, 0.1) is 0 Å². The van der Waals surface area contributed by atoms with Crippen molar-refractivity contribution in [1.29, 1.82) is 0 Å². The van der Waals surface area contributed by atoms with Gasteiger partial charge in [-0.1, -0.05) is 106 Å². The highest BCUT2D eigenvalue weighted by atomic mass is 16.2. The predicted octanol–water partition coefficient (Wildman–Crippen LogP) is 7.56. The monoisotopic (exact) mass is 394 g/mol. The quantitative estimate of drug-likeness (QED) is 0.349. The molecule has 3 heteroatoms. The second-order valence-corrected chi connectivity index (χ2v) is 8.03. The molecule has 0 heterocycles. The van der Waals surface area contributed by atoms with Crippen LogP contribution in [0.4, 0.5) is 10.5 Å². The van der Waals surface area contributed by atoms with Crippen molar-refractivity contribution in [2.24, 2.45) is 0 Å². The third-order valence-corrected chi connectivity index (χ3v) is 5.34. The minimum Gasteiger partial charge on any atom is -0.320 e. The van der Waals surface area contributed by atoms with Crippen LogP contribution in [0.25, 0.3) is 0 Å². The van der Waals surface area contributed by atoms with E-state index in [1.54, 1.807) is 0 Å². The molecule has 29 heavy (non-hydrogen) atoms. The van der Waals surface area contributed by atoms with Crippen molar-refractivity contribution in [3.63, 3.8) is 0 Å². The maximum absolute atomic E-state index is 12.9. The minimum absolute atomic E-state index is 0.0164. The van der Waals surface area contributed by atoms with Crippen LogP contribution < -0.4 is 5.32 Å². The molecule has 3 nitrogen and oxygen atoms in total. The van der Waals surface area contributed by atoms with Crippen LogP contribution in [0.15, 0.2) is 54.6 Å². The van der Waals surface area contributed by atoms with E-state index < -0.39 is 0 Å². The lowest BCUT2D eigenvalue weighted by Crippen LogP contribution is -2.35. The van der Waals surface area contributed by atoms with Gasteiger partial charge in [0.1, 0.15) is 0 Å². The average molecular weight is 395 g/mol. The van der Waals surface area contributed by atoms with Gasteiger partial charge in [-0.15, -0.1) is 0 Å². The number of amides is 2. The van der Waals surface area contributed by atoms with E-state index in [9.17, 15) is 4.79 Å². The molecule has 0 bridgehead atoms. The van der Waals surface area contributed by atoms with Crippen LogP contribution in [0.2, 0.25) is 0 Å². The van der Waals surface area contributed by atoms with Crippen LogP contribution in [0.5, 0.6) is 0 Å². The molecule has 0 aliphatic rings. The molecular formula is C26H38N2O. The van der Waals surface area contributed by atoms with Crippen molar-refractivity contribution in [2.75, 3.05) is 11.9 Å². The number of nitrogens with one attached hydrogen (secondary N) is 1. The Bertz CT molecular complexity index is 682. The molecule has 0 radical (unpaired) electrons. The number of aryl methyl sites for hydroxylation is 1. The van der Waals surface area contributed by atoms with Gasteiger partial charge in [-0.2, -0.15) is 0 Å². The number of hydrogen-bond acceptors (Lipinski definition) is 1. The molecule has 1 N–H and O–H groups in total. The smallest absolute Gasteiger partial charge is 0.320 e. The summed E-state index contributed by atoms with van der Waals surface area (Å²) in [7, 11) is 0. The van der Waals surface area contributed by atoms with Crippen LogP contribution in [-0.4, -0.2) is 17.5 Å². The van der Waals surface area contributed by atoms with Crippen LogP contribution >= 0.6 is 0 Å². The Kier molecular flexibility index (Phi) is 11.0. The molecule has 0 saturated heterocycles. The first-order valence-corrected chi connectivity index (χ1v) is 11.4. The Morgan fingerprint density at radius 1 is 0.793 bits per heavy atom. The summed E-state index contributed by atoms with van der Waals surface area (Å²) in [4.78, 5) is 14.8. The zero-order chi connectivity index (χ0) is 20.7. The Hall–Kier alpha value is -2.29. The summed E-state index contributed by atoms with van der Waals surface area (Å²) < 4.78 is 0. The maximum atomic E-state index is 12.9. The highest BCUT2D eigenvalue weighted by Crippen LogP contribution is 2.14. The molecule has 2 rings (SSSR count). The van der Waals surface area contributed by atoms with Gasteiger partial charge in [0, 0.05) is 18.8 Å². The van der Waals surface area contributed by atoms with Gasteiger partial charge in [-0.3, -0.25) is 0 Å². The molecule has 2 amide bonds. The first kappa shape index (κ1) is 23.0. The van der Waals surface area contributed by atoms with Crippen LogP contribution in [0.3, 0.4) is 0 Å². The first-order valence-electron chi connectivity index (χ1n) is 11.4. The molecule has 0 fully saturated rings. The Balaban J connectivity index is 1.79. The minimum atomic E-state index is -0.0164. The van der Waals surface area contributed by atoms with E-state index in [1.165, 1.54) is 62.5 Å². The second kappa shape index (κ2) is 13.8. The number of carbonyl (C=O) groups excluding carboxylic acids is 1. The SMILES string of the molecule is CCCCCCCCCCCN(Cc1ccccc1)C(=O)Nc1ccc(C)cc1. The third kappa shape index (κ3) is 9.65. The molecule has 0 aromatic heterocycles. The lowest BCUT2D eigenvalue weighted by Gasteiger charge is -2.23. The lowest BCUT2D eigenvalue weighted by atomic mass is 10.1. The largest absolute Gasteiger partial charge is 0.322 e. The fourth-order valence-electron chi connectivity index (χ4n) is 3.51. The number of hydrogen-bond donors (Lipinski definition) is 1. The van der Waals surface area contributed by atoms with Crippen molar-refractivity contribution in [3.8, 4) is 0 Å². The van der Waals surface area contributed by atoms with Gasteiger partial charge in [0.25, 0.3) is 0 Å². The fraction of sp³-hybridized carbons (Fsp3) is 0.500. The average Bonchev–Trinajstić information content (AvgIpc) is 2.74. The van der Waals surface area contributed by atoms with E-state index in [0.29, 0.717) is 6.54 Å². The number of rotatable bonds is 13. The number of anilines is 1. The van der Waals surface area contributed by atoms with E-state index >= 15 is 0 Å². The van der Waals surface area contributed by atoms with Crippen molar-refractivity contribution >= 4 is 11.7 Å². The highest BCUT2D eigenvalue weighted by molar-refractivity contribution is 5.89. The fourth-order valence-corrected chi connectivity index (χ4v) is 3.51. The van der Waals surface area contributed by atoms with E-state index in [2.05, 4.69) is 31.3 Å². The molecule has 0 saturated carbocycles. The van der Waals surface area contributed by atoms with E-state index in [1.807, 2.05) is 47.4 Å². The van der Waals surface area contributed by atoms with Crippen molar-refractivity contribution in [2.45, 2.75) is 78.2 Å². The van der Waals surface area contributed by atoms with Gasteiger partial charge >= 0.3 is 6.03 Å². The van der Waals surface area contributed by atoms with E-state index in [4.69, 9.17) is 0 Å². The van der Waals surface area contributed by atoms with Gasteiger partial charge in [0.15, 0.2) is 0 Å². The summed E-state index contributed by atoms with van der Waals surface area (Å²) in [5.41, 5.74) is 3.21. The van der Waals surface area contributed by atoms with Crippen LogP contribution in [0.1, 0.15) is 75.8 Å². The standard InChI is InChI=1S/C26H38N2O/c1-3-4-5-6-7-8-9-10-14-21-28(22-24-15-12-11-13-16-24)26(29)27-25-19-17-23(2)18-20-25/h11-13,15-20H,3-10,14,21-22H2,1-2H3,(H,27,29). The zero-order valence-electron chi connectivity index (χ0n) is 18.3. The Morgan fingerprint density at radius 3 is 2.00 bits per heavy atom. The van der Waals surface area contributed by atoms with Gasteiger partial charge in [0.2, 0.25) is 0 Å². The molecular weight excluding hydrogens is 356 g/mol. The molecule has 0 atom stereocenters. The first-order chi connectivity index (χ1) is 14.2. The lowest BCUT2D eigenvalue weighted by molar-refractivity contribution is 0.207. The van der Waals surface area contributed by atoms with Crippen molar-refractivity contribution < 1.29 is 4.79 Å². The van der Waals surface area contributed by atoms with Crippen LogP contribution in [0, 0.1) is 6.92 Å². The Morgan fingerprint density at radius 2 is 1.38 bits per heavy atom. The predicted molar refractivity (Wildman–Crippen MR) is 124 cm³/mol. The van der Waals surface area contributed by atoms with E-state index in [0.717, 1.165) is 18.7 Å². The summed E-state index contributed by atoms with van der Waals surface area (Å²) in [6.07, 6.45) is 11.6. The summed E-state index contributed by atoms with van der Waals surface area (Å²) >= 11 is 0. The Labute approximate surface area is 177 Å². The third-order valence-electron chi connectivity index (χ3n) is 5.34. The molecule has 0 aliphatic heterocycles. The van der Waals surface area contributed by atoms with Gasteiger partial charge < -0.3 is 10.2 Å². The summed E-state index contributed by atoms with van der Waals surface area (Å²) in [6, 6.07) is 18.2. The molecule has 2 aromatic carbocycles. The summed E-state index contributed by atoms with van der Waals surface area (Å²) in [5, 5.41) is 3.06. The van der Waals surface area contributed by atoms with Crippen molar-refractivity contribution in [1.82, 2.24) is 4.90 Å². The number of benzene rings is 2. The van der Waals surface area contributed by atoms with Crippen LogP contribution in [-0.2, 0) is 6.54 Å². The van der Waals surface area contributed by atoms with Crippen molar-refractivity contribution in [3.05, 3.63) is 65.7 Å². The number of urea groups is 1. The molecule has 0 aliphatic carbocycles. The number of carbonyl (C=O) groups is 1. The molecule has 0 unspecified atom stereocenters. The highest BCUT2D eigenvalue weighted by Gasteiger charge is 2.14. The zero-order valence-corrected chi connectivity index (χ0v) is 18.3.